The van der Waals surface area contributed by atoms with Gasteiger partial charge in [0.05, 0.1) is 20.6 Å². The summed E-state index contributed by atoms with van der Waals surface area (Å²) in [5.41, 5.74) is 1.88. The topological polar surface area (TPSA) is 86.8 Å². The highest BCUT2D eigenvalue weighted by Gasteiger charge is 2.33. The molecule has 0 aliphatic heterocycles. The number of carbonyl (C=O) groups excluding carboxylic acids is 2. The zero-order valence-electron chi connectivity index (χ0n) is 23.2. The van der Waals surface area contributed by atoms with Crippen molar-refractivity contribution in [3.63, 3.8) is 0 Å². The van der Waals surface area contributed by atoms with Gasteiger partial charge in [0.1, 0.15) is 12.6 Å². The van der Waals surface area contributed by atoms with Crippen LogP contribution in [0.1, 0.15) is 44.2 Å². The Labute approximate surface area is 261 Å². The van der Waals surface area contributed by atoms with Crippen LogP contribution in [0.2, 0.25) is 10.0 Å². The van der Waals surface area contributed by atoms with Crippen LogP contribution in [-0.4, -0.2) is 44.3 Å². The number of benzene rings is 3. The number of nitrogens with zero attached hydrogens (tertiary/aromatic N) is 2. The number of halogens is 3. The highest BCUT2D eigenvalue weighted by molar-refractivity contribution is 9.10. The van der Waals surface area contributed by atoms with Crippen LogP contribution in [0.25, 0.3) is 0 Å². The van der Waals surface area contributed by atoms with E-state index in [4.69, 9.17) is 23.2 Å². The molecule has 41 heavy (non-hydrogen) atoms. The van der Waals surface area contributed by atoms with Gasteiger partial charge in [-0.1, -0.05) is 83.2 Å². The largest absolute Gasteiger partial charge is 0.354 e. The summed E-state index contributed by atoms with van der Waals surface area (Å²) in [6.07, 6.45) is 2.03. The molecular weight excluding hydrogens is 649 g/mol. The van der Waals surface area contributed by atoms with E-state index in [-0.39, 0.29) is 17.3 Å². The van der Waals surface area contributed by atoms with Crippen molar-refractivity contribution in [2.45, 2.75) is 57.5 Å². The van der Waals surface area contributed by atoms with E-state index in [2.05, 4.69) is 21.2 Å². The Morgan fingerprint density at radius 1 is 0.951 bits per heavy atom. The first-order valence-corrected chi connectivity index (χ1v) is 16.3. The Balaban J connectivity index is 2.04. The highest BCUT2D eigenvalue weighted by atomic mass is 79.9. The van der Waals surface area contributed by atoms with Crippen molar-refractivity contribution in [3.05, 3.63) is 92.4 Å². The molecule has 0 spiro atoms. The van der Waals surface area contributed by atoms with Crippen molar-refractivity contribution in [3.8, 4) is 0 Å². The third-order valence-corrected chi connectivity index (χ3v) is 9.61. The molecule has 0 saturated heterocycles. The van der Waals surface area contributed by atoms with Crippen molar-refractivity contribution in [1.29, 1.82) is 0 Å². The maximum Gasteiger partial charge on any atom is 0.264 e. The summed E-state index contributed by atoms with van der Waals surface area (Å²) >= 11 is 15.7. The van der Waals surface area contributed by atoms with Gasteiger partial charge in [-0.2, -0.15) is 0 Å². The molecule has 3 rings (SSSR count). The average molecular weight is 683 g/mol. The number of nitrogens with one attached hydrogen (secondary N) is 1. The fourth-order valence-electron chi connectivity index (χ4n) is 4.23. The molecule has 0 aliphatic carbocycles. The Morgan fingerprint density at radius 3 is 2.20 bits per heavy atom. The van der Waals surface area contributed by atoms with Crippen LogP contribution in [0.3, 0.4) is 0 Å². The molecule has 0 bridgehead atoms. The van der Waals surface area contributed by atoms with Crippen LogP contribution in [0.4, 0.5) is 5.69 Å². The first-order valence-electron chi connectivity index (χ1n) is 13.3. The van der Waals surface area contributed by atoms with Gasteiger partial charge >= 0.3 is 0 Å². The zero-order valence-corrected chi connectivity index (χ0v) is 27.2. The second kappa shape index (κ2) is 15.0. The van der Waals surface area contributed by atoms with Gasteiger partial charge in [-0.25, -0.2) is 8.42 Å². The van der Waals surface area contributed by atoms with Gasteiger partial charge in [0, 0.05) is 17.6 Å². The van der Waals surface area contributed by atoms with Gasteiger partial charge in [0.2, 0.25) is 11.8 Å². The molecule has 0 unspecified atom stereocenters. The van der Waals surface area contributed by atoms with Gasteiger partial charge in [0.15, 0.2) is 0 Å². The maximum absolute atomic E-state index is 14.1. The molecule has 3 aromatic rings. The van der Waals surface area contributed by atoms with E-state index in [1.165, 1.54) is 17.0 Å². The minimum atomic E-state index is -4.14. The summed E-state index contributed by atoms with van der Waals surface area (Å²) < 4.78 is 29.7. The lowest BCUT2D eigenvalue weighted by atomic mass is 10.1. The smallest absolute Gasteiger partial charge is 0.264 e. The lowest BCUT2D eigenvalue weighted by Crippen LogP contribution is -2.52. The average Bonchev–Trinajstić information content (AvgIpc) is 2.94. The van der Waals surface area contributed by atoms with E-state index >= 15 is 0 Å². The SMILES string of the molecule is CCCCNC(=O)[C@@H](CC)N(Cc1ccc(Cl)c(Cl)c1)C(=O)CN(c1ccc(Br)cc1)S(=O)(=O)c1ccc(C)cc1. The first kappa shape index (κ1) is 32.9. The van der Waals surface area contributed by atoms with Crippen LogP contribution in [0.15, 0.2) is 76.1 Å². The highest BCUT2D eigenvalue weighted by Crippen LogP contribution is 2.28. The maximum atomic E-state index is 14.1. The number of hydrogen-bond donors (Lipinski definition) is 1. The Morgan fingerprint density at radius 2 is 1.61 bits per heavy atom. The molecule has 7 nitrogen and oxygen atoms in total. The van der Waals surface area contributed by atoms with Crippen LogP contribution in [-0.2, 0) is 26.2 Å². The van der Waals surface area contributed by atoms with Crippen LogP contribution >= 0.6 is 39.1 Å². The molecule has 2 amide bonds. The second-order valence-corrected chi connectivity index (χ2v) is 13.2. The number of carbonyl (C=O) groups is 2. The van der Waals surface area contributed by atoms with E-state index in [9.17, 15) is 18.0 Å². The van der Waals surface area contributed by atoms with Crippen molar-refractivity contribution in [2.75, 3.05) is 17.4 Å². The molecule has 0 aromatic heterocycles. The van der Waals surface area contributed by atoms with Crippen LogP contribution in [0.5, 0.6) is 0 Å². The van der Waals surface area contributed by atoms with E-state index in [0.717, 1.165) is 27.2 Å². The van der Waals surface area contributed by atoms with Gasteiger partial charge in [-0.3, -0.25) is 13.9 Å². The minimum absolute atomic E-state index is 0.0359. The normalized spacial score (nSPS) is 12.0. The lowest BCUT2D eigenvalue weighted by Gasteiger charge is -2.33. The monoisotopic (exact) mass is 681 g/mol. The number of unbranched alkanes of at least 4 members (excludes halogenated alkanes) is 1. The molecule has 11 heteroatoms. The summed E-state index contributed by atoms with van der Waals surface area (Å²) in [6.45, 7) is 5.70. The number of anilines is 1. The molecule has 0 radical (unpaired) electrons. The van der Waals surface area contributed by atoms with Crippen molar-refractivity contribution in [2.24, 2.45) is 0 Å². The molecule has 0 heterocycles. The van der Waals surface area contributed by atoms with E-state index in [0.29, 0.717) is 34.3 Å². The van der Waals surface area contributed by atoms with Crippen molar-refractivity contribution >= 4 is 66.7 Å². The number of rotatable bonds is 13. The minimum Gasteiger partial charge on any atom is -0.354 e. The molecule has 1 atom stereocenters. The molecule has 0 aliphatic rings. The number of aryl methyl sites for hydroxylation is 1. The summed E-state index contributed by atoms with van der Waals surface area (Å²) in [5.74, 6) is -0.835. The molecule has 0 saturated carbocycles. The fourth-order valence-corrected chi connectivity index (χ4v) is 6.23. The zero-order chi connectivity index (χ0) is 30.2. The number of amides is 2. The molecule has 0 fully saturated rings. The quantitative estimate of drug-likeness (QED) is 0.197. The summed E-state index contributed by atoms with van der Waals surface area (Å²) in [7, 11) is -4.14. The van der Waals surface area contributed by atoms with Crippen LogP contribution in [0, 0.1) is 6.92 Å². The fraction of sp³-hybridized carbons (Fsp3) is 0.333. The van der Waals surface area contributed by atoms with Crippen molar-refractivity contribution in [1.82, 2.24) is 10.2 Å². The van der Waals surface area contributed by atoms with E-state index in [1.807, 2.05) is 20.8 Å². The third kappa shape index (κ3) is 8.70. The predicted molar refractivity (Wildman–Crippen MR) is 169 cm³/mol. The molecular formula is C30H34BrCl2N3O4S. The lowest BCUT2D eigenvalue weighted by molar-refractivity contribution is -0.140. The van der Waals surface area contributed by atoms with Gasteiger partial charge in [-0.05, 0) is 73.9 Å². The second-order valence-electron chi connectivity index (χ2n) is 9.64. The van der Waals surface area contributed by atoms with Gasteiger partial charge in [0.25, 0.3) is 10.0 Å². The van der Waals surface area contributed by atoms with E-state index in [1.54, 1.807) is 54.6 Å². The van der Waals surface area contributed by atoms with Gasteiger partial charge < -0.3 is 10.2 Å². The number of sulfonamides is 1. The first-order chi connectivity index (χ1) is 19.5. The van der Waals surface area contributed by atoms with Crippen LogP contribution < -0.4 is 9.62 Å². The summed E-state index contributed by atoms with van der Waals surface area (Å²) in [6, 6.07) is 17.3. The third-order valence-electron chi connectivity index (χ3n) is 6.55. The molecule has 1 N–H and O–H groups in total. The summed E-state index contributed by atoms with van der Waals surface area (Å²) in [4.78, 5) is 28.8. The molecule has 220 valence electrons. The predicted octanol–water partition coefficient (Wildman–Crippen LogP) is 6.98. The Hall–Kier alpha value is -2.59. The van der Waals surface area contributed by atoms with E-state index < -0.39 is 28.5 Å². The standard InChI is InChI=1S/C30H34BrCl2N3O4S/c1-4-6-17-34-30(38)28(5-2)35(19-22-9-16-26(32)27(33)18-22)29(37)20-36(24-12-10-23(31)11-13-24)41(39,40)25-14-7-21(3)8-15-25/h7-16,18,28H,4-6,17,19-20H2,1-3H3,(H,34,38)/t28-/m1/s1. The number of hydrogen-bond acceptors (Lipinski definition) is 4. The van der Waals surface area contributed by atoms with Crippen molar-refractivity contribution < 1.29 is 18.0 Å². The Bertz CT molecular complexity index is 1450. The summed E-state index contributed by atoms with van der Waals surface area (Å²) in [5, 5.41) is 3.59. The molecule has 3 aromatic carbocycles. The van der Waals surface area contributed by atoms with Gasteiger partial charge in [-0.15, -0.1) is 0 Å². The Kier molecular flexibility index (Phi) is 12.1.